The lowest BCUT2D eigenvalue weighted by molar-refractivity contribution is 0.153. The van der Waals surface area contributed by atoms with E-state index in [4.69, 9.17) is 0 Å². The molecular weight excluding hydrogens is 263 g/mol. The van der Waals surface area contributed by atoms with E-state index in [1.807, 2.05) is 18.2 Å². The Bertz CT molecular complexity index is 568. The Morgan fingerprint density at radius 3 is 2.52 bits per heavy atom. The molecule has 1 fully saturated rings. The van der Waals surface area contributed by atoms with Gasteiger partial charge in [0.15, 0.2) is 0 Å². The molecule has 1 N–H and O–H groups in total. The van der Waals surface area contributed by atoms with Gasteiger partial charge in [0.05, 0.1) is 0 Å². The molecular formula is C18H21FN2. The molecule has 3 rings (SSSR count). The minimum Gasteiger partial charge on any atom is -0.308 e. The standard InChI is InChI=1S/C18H21FN2/c1-14(15-7-9-17(19)10-8-15)21-12-11-20-18(13-21)16-5-3-2-4-6-16/h2-10,14,18,20H,11-13H2,1H3. The van der Waals surface area contributed by atoms with Gasteiger partial charge < -0.3 is 5.32 Å². The van der Waals surface area contributed by atoms with Crippen LogP contribution in [0.25, 0.3) is 0 Å². The van der Waals surface area contributed by atoms with Gasteiger partial charge in [-0.05, 0) is 30.2 Å². The van der Waals surface area contributed by atoms with Crippen molar-refractivity contribution in [2.45, 2.75) is 19.0 Å². The summed E-state index contributed by atoms with van der Waals surface area (Å²) in [6.07, 6.45) is 0. The maximum atomic E-state index is 13.1. The van der Waals surface area contributed by atoms with Gasteiger partial charge in [0.25, 0.3) is 0 Å². The Kier molecular flexibility index (Phi) is 4.32. The number of hydrogen-bond donors (Lipinski definition) is 1. The van der Waals surface area contributed by atoms with Crippen molar-refractivity contribution >= 4 is 0 Å². The van der Waals surface area contributed by atoms with Crippen LogP contribution in [0.4, 0.5) is 4.39 Å². The minimum absolute atomic E-state index is 0.173. The molecule has 0 saturated carbocycles. The SMILES string of the molecule is CC(c1ccc(F)cc1)N1CCNC(c2ccccc2)C1. The third kappa shape index (κ3) is 3.31. The van der Waals surface area contributed by atoms with Crippen LogP contribution in [0.1, 0.15) is 30.1 Å². The van der Waals surface area contributed by atoms with E-state index in [9.17, 15) is 4.39 Å². The van der Waals surface area contributed by atoms with Crippen LogP contribution >= 0.6 is 0 Å². The number of piperazine rings is 1. The lowest BCUT2D eigenvalue weighted by Crippen LogP contribution is -2.46. The van der Waals surface area contributed by atoms with Crippen molar-refractivity contribution < 1.29 is 4.39 Å². The Balaban J connectivity index is 1.72. The fourth-order valence-electron chi connectivity index (χ4n) is 2.99. The molecule has 0 radical (unpaired) electrons. The van der Waals surface area contributed by atoms with Crippen molar-refractivity contribution in [1.29, 1.82) is 0 Å². The van der Waals surface area contributed by atoms with E-state index < -0.39 is 0 Å². The average Bonchev–Trinajstić information content (AvgIpc) is 2.56. The highest BCUT2D eigenvalue weighted by Crippen LogP contribution is 2.25. The third-order valence-electron chi connectivity index (χ3n) is 4.31. The summed E-state index contributed by atoms with van der Waals surface area (Å²) >= 11 is 0. The second-order valence-corrected chi connectivity index (χ2v) is 5.64. The van der Waals surface area contributed by atoms with Gasteiger partial charge >= 0.3 is 0 Å². The maximum Gasteiger partial charge on any atom is 0.123 e. The largest absolute Gasteiger partial charge is 0.308 e. The molecule has 1 aliphatic rings. The third-order valence-corrected chi connectivity index (χ3v) is 4.31. The number of benzene rings is 2. The van der Waals surface area contributed by atoms with Crippen molar-refractivity contribution in [3.63, 3.8) is 0 Å². The summed E-state index contributed by atoms with van der Waals surface area (Å²) in [6.45, 7) is 5.16. The smallest absolute Gasteiger partial charge is 0.123 e. The summed E-state index contributed by atoms with van der Waals surface area (Å²) in [5.41, 5.74) is 2.50. The Labute approximate surface area is 125 Å². The van der Waals surface area contributed by atoms with Crippen LogP contribution in [0.2, 0.25) is 0 Å². The molecule has 2 nitrogen and oxygen atoms in total. The first kappa shape index (κ1) is 14.2. The van der Waals surface area contributed by atoms with Crippen LogP contribution in [0.3, 0.4) is 0 Å². The van der Waals surface area contributed by atoms with Crippen LogP contribution in [-0.2, 0) is 0 Å². The van der Waals surface area contributed by atoms with Crippen LogP contribution in [0.5, 0.6) is 0 Å². The summed E-state index contributed by atoms with van der Waals surface area (Å²) in [5, 5.41) is 3.58. The molecule has 1 heterocycles. The summed E-state index contributed by atoms with van der Waals surface area (Å²) in [5.74, 6) is -0.173. The topological polar surface area (TPSA) is 15.3 Å². The number of halogens is 1. The first-order valence-corrected chi connectivity index (χ1v) is 7.52. The fourth-order valence-corrected chi connectivity index (χ4v) is 2.99. The second kappa shape index (κ2) is 6.37. The quantitative estimate of drug-likeness (QED) is 0.927. The van der Waals surface area contributed by atoms with E-state index in [1.165, 1.54) is 11.1 Å². The predicted octanol–water partition coefficient (Wildman–Crippen LogP) is 3.53. The van der Waals surface area contributed by atoms with Crippen molar-refractivity contribution in [2.75, 3.05) is 19.6 Å². The summed E-state index contributed by atoms with van der Waals surface area (Å²) in [4.78, 5) is 2.46. The van der Waals surface area contributed by atoms with Crippen molar-refractivity contribution in [3.05, 3.63) is 71.5 Å². The molecule has 1 saturated heterocycles. The van der Waals surface area contributed by atoms with Gasteiger partial charge in [0, 0.05) is 31.7 Å². The van der Waals surface area contributed by atoms with Crippen molar-refractivity contribution in [3.8, 4) is 0 Å². The van der Waals surface area contributed by atoms with Gasteiger partial charge in [-0.25, -0.2) is 4.39 Å². The summed E-state index contributed by atoms with van der Waals surface area (Å²) < 4.78 is 13.1. The molecule has 1 aliphatic heterocycles. The lowest BCUT2D eigenvalue weighted by Gasteiger charge is -2.38. The molecule has 0 amide bonds. The Morgan fingerprint density at radius 1 is 1.10 bits per heavy atom. The van der Waals surface area contributed by atoms with Crippen LogP contribution in [0, 0.1) is 5.82 Å². The zero-order valence-electron chi connectivity index (χ0n) is 12.3. The Morgan fingerprint density at radius 2 is 1.81 bits per heavy atom. The van der Waals surface area contributed by atoms with E-state index in [2.05, 4.69) is 41.4 Å². The Hall–Kier alpha value is -1.71. The number of hydrogen-bond acceptors (Lipinski definition) is 2. The average molecular weight is 284 g/mol. The second-order valence-electron chi connectivity index (χ2n) is 5.64. The number of rotatable bonds is 3. The monoisotopic (exact) mass is 284 g/mol. The fraction of sp³-hybridized carbons (Fsp3) is 0.333. The van der Waals surface area contributed by atoms with Crippen LogP contribution in [-0.4, -0.2) is 24.5 Å². The molecule has 0 aromatic heterocycles. The molecule has 0 bridgehead atoms. The van der Waals surface area contributed by atoms with E-state index in [0.29, 0.717) is 12.1 Å². The molecule has 2 atom stereocenters. The lowest BCUT2D eigenvalue weighted by atomic mass is 10.0. The van der Waals surface area contributed by atoms with E-state index in [1.54, 1.807) is 12.1 Å². The zero-order chi connectivity index (χ0) is 14.7. The molecule has 0 aliphatic carbocycles. The molecule has 2 unspecified atom stereocenters. The molecule has 3 heteroatoms. The normalized spacial score (nSPS) is 21.1. The van der Waals surface area contributed by atoms with Gasteiger partial charge in [-0.1, -0.05) is 42.5 Å². The van der Waals surface area contributed by atoms with Gasteiger partial charge in [0.1, 0.15) is 5.82 Å². The molecule has 110 valence electrons. The van der Waals surface area contributed by atoms with E-state index in [-0.39, 0.29) is 5.82 Å². The summed E-state index contributed by atoms with van der Waals surface area (Å²) in [6, 6.07) is 18.1. The minimum atomic E-state index is -0.173. The van der Waals surface area contributed by atoms with Crippen molar-refractivity contribution in [1.82, 2.24) is 10.2 Å². The predicted molar refractivity (Wildman–Crippen MR) is 83.6 cm³/mol. The zero-order valence-corrected chi connectivity index (χ0v) is 12.3. The summed E-state index contributed by atoms with van der Waals surface area (Å²) in [7, 11) is 0. The highest BCUT2D eigenvalue weighted by atomic mass is 19.1. The maximum absolute atomic E-state index is 13.1. The number of nitrogens with one attached hydrogen (secondary N) is 1. The highest BCUT2D eigenvalue weighted by Gasteiger charge is 2.24. The molecule has 0 spiro atoms. The molecule has 2 aromatic carbocycles. The highest BCUT2D eigenvalue weighted by molar-refractivity contribution is 5.22. The molecule has 2 aromatic rings. The van der Waals surface area contributed by atoms with E-state index in [0.717, 1.165) is 19.6 Å². The van der Waals surface area contributed by atoms with Gasteiger partial charge in [0.2, 0.25) is 0 Å². The van der Waals surface area contributed by atoms with Crippen molar-refractivity contribution in [2.24, 2.45) is 0 Å². The van der Waals surface area contributed by atoms with Gasteiger partial charge in [-0.2, -0.15) is 0 Å². The van der Waals surface area contributed by atoms with Crippen LogP contribution in [0.15, 0.2) is 54.6 Å². The van der Waals surface area contributed by atoms with Gasteiger partial charge in [-0.15, -0.1) is 0 Å². The first-order chi connectivity index (χ1) is 10.2. The number of nitrogens with zero attached hydrogens (tertiary/aromatic N) is 1. The first-order valence-electron chi connectivity index (χ1n) is 7.52. The van der Waals surface area contributed by atoms with E-state index >= 15 is 0 Å². The molecule has 21 heavy (non-hydrogen) atoms. The van der Waals surface area contributed by atoms with Gasteiger partial charge in [-0.3, -0.25) is 4.90 Å². The van der Waals surface area contributed by atoms with Crippen LogP contribution < -0.4 is 5.32 Å².